The van der Waals surface area contributed by atoms with Gasteiger partial charge in [0.1, 0.15) is 16.8 Å². The second-order valence-electron chi connectivity index (χ2n) is 7.79. The third-order valence-electron chi connectivity index (χ3n) is 5.37. The number of aliphatic hydroxyl groups excluding tert-OH is 1. The molecule has 0 aliphatic carbocycles. The Labute approximate surface area is 214 Å². The minimum atomic E-state index is -0.645. The van der Waals surface area contributed by atoms with Crippen LogP contribution >= 0.6 is 23.4 Å². The molecule has 7 heteroatoms. The van der Waals surface area contributed by atoms with Gasteiger partial charge in [-0.3, -0.25) is 0 Å². The molecular formula is C28H24ClN3O2S. The number of aliphatic hydroxyl groups is 1. The van der Waals surface area contributed by atoms with Crippen LogP contribution in [-0.4, -0.2) is 35.6 Å². The number of nitrogens with zero attached hydrogens (tertiary/aromatic N) is 2. The van der Waals surface area contributed by atoms with E-state index in [2.05, 4.69) is 11.4 Å². The van der Waals surface area contributed by atoms with E-state index in [1.165, 1.54) is 11.8 Å². The summed E-state index contributed by atoms with van der Waals surface area (Å²) in [6.07, 6.45) is -0.645. The normalized spacial score (nSPS) is 11.5. The highest BCUT2D eigenvalue weighted by molar-refractivity contribution is 7.99. The predicted molar refractivity (Wildman–Crippen MR) is 143 cm³/mol. The number of nitriles is 1. The summed E-state index contributed by atoms with van der Waals surface area (Å²) in [5, 5.41) is 25.1. The number of hydrogen-bond donors (Lipinski definition) is 2. The minimum Gasteiger partial charge on any atom is -0.497 e. The molecule has 0 bridgehead atoms. The molecule has 0 saturated heterocycles. The van der Waals surface area contributed by atoms with E-state index >= 15 is 0 Å². The average Bonchev–Trinajstić information content (AvgIpc) is 2.91. The van der Waals surface area contributed by atoms with Crippen molar-refractivity contribution in [3.05, 3.63) is 95.5 Å². The summed E-state index contributed by atoms with van der Waals surface area (Å²) in [5.41, 5.74) is 4.79. The molecule has 0 spiro atoms. The summed E-state index contributed by atoms with van der Waals surface area (Å²) in [7, 11) is 1.63. The van der Waals surface area contributed by atoms with E-state index in [-0.39, 0.29) is 0 Å². The Hall–Kier alpha value is -3.50. The van der Waals surface area contributed by atoms with Crippen LogP contribution in [0.25, 0.3) is 22.4 Å². The summed E-state index contributed by atoms with van der Waals surface area (Å²) in [5.74, 6) is 1.14. The van der Waals surface area contributed by atoms with E-state index in [1.54, 1.807) is 19.2 Å². The molecule has 0 aliphatic rings. The lowest BCUT2D eigenvalue weighted by Gasteiger charge is -2.15. The van der Waals surface area contributed by atoms with Crippen molar-refractivity contribution in [2.45, 2.75) is 11.1 Å². The van der Waals surface area contributed by atoms with Gasteiger partial charge in [0.2, 0.25) is 0 Å². The zero-order valence-electron chi connectivity index (χ0n) is 19.1. The Bertz CT molecular complexity index is 1310. The highest BCUT2D eigenvalue weighted by atomic mass is 35.5. The fourth-order valence-corrected chi connectivity index (χ4v) is 4.58. The molecular weight excluding hydrogens is 478 g/mol. The van der Waals surface area contributed by atoms with Crippen LogP contribution in [0.2, 0.25) is 5.02 Å². The molecule has 35 heavy (non-hydrogen) atoms. The number of halogens is 1. The van der Waals surface area contributed by atoms with Gasteiger partial charge in [0.05, 0.1) is 24.5 Å². The van der Waals surface area contributed by atoms with Crippen LogP contribution in [0.15, 0.2) is 90.0 Å². The van der Waals surface area contributed by atoms with Gasteiger partial charge in [-0.1, -0.05) is 41.9 Å². The number of ether oxygens (including phenoxy) is 1. The molecule has 4 aromatic rings. The van der Waals surface area contributed by atoms with Crippen LogP contribution < -0.4 is 10.1 Å². The number of nitrogens with one attached hydrogen (secondary N) is 1. The summed E-state index contributed by atoms with van der Waals surface area (Å²) in [6.45, 7) is 0.361. The zero-order valence-corrected chi connectivity index (χ0v) is 20.7. The Morgan fingerprint density at radius 2 is 1.74 bits per heavy atom. The quantitative estimate of drug-likeness (QED) is 0.254. The maximum absolute atomic E-state index is 10.6. The smallest absolute Gasteiger partial charge is 0.118 e. The first-order chi connectivity index (χ1) is 17.1. The standard InChI is InChI=1S/C28H24ClN3O2S/c1-34-24-13-7-20(8-14-24)27-15-25(19-5-3-2-4-6-19)26(16-30)28(32-27)35-18-23(33)17-31-22-11-9-21(29)10-12-22/h2-15,23,31,33H,17-18H2,1H3/t23-/m0/s1. The largest absolute Gasteiger partial charge is 0.497 e. The maximum Gasteiger partial charge on any atom is 0.118 e. The van der Waals surface area contributed by atoms with Crippen molar-refractivity contribution in [2.24, 2.45) is 0 Å². The molecule has 0 fully saturated rings. The van der Waals surface area contributed by atoms with Gasteiger partial charge in [-0.05, 0) is 60.2 Å². The maximum atomic E-state index is 10.6. The second-order valence-corrected chi connectivity index (χ2v) is 9.24. The van der Waals surface area contributed by atoms with Crippen LogP contribution in [0.5, 0.6) is 5.75 Å². The van der Waals surface area contributed by atoms with Gasteiger partial charge in [0, 0.05) is 34.1 Å². The van der Waals surface area contributed by atoms with Crippen molar-refractivity contribution in [1.82, 2.24) is 4.98 Å². The van der Waals surface area contributed by atoms with Gasteiger partial charge in [0.25, 0.3) is 0 Å². The van der Waals surface area contributed by atoms with Gasteiger partial charge in [0.15, 0.2) is 0 Å². The number of pyridine rings is 1. The van der Waals surface area contributed by atoms with Gasteiger partial charge >= 0.3 is 0 Å². The van der Waals surface area contributed by atoms with Crippen LogP contribution in [0.3, 0.4) is 0 Å². The fourth-order valence-electron chi connectivity index (χ4n) is 3.53. The first-order valence-corrected chi connectivity index (χ1v) is 12.4. The van der Waals surface area contributed by atoms with Crippen molar-refractivity contribution in [1.29, 1.82) is 5.26 Å². The van der Waals surface area contributed by atoms with E-state index in [0.29, 0.717) is 27.9 Å². The summed E-state index contributed by atoms with van der Waals surface area (Å²) < 4.78 is 5.28. The Kier molecular flexibility index (Phi) is 8.27. The number of rotatable bonds is 9. The van der Waals surface area contributed by atoms with E-state index in [4.69, 9.17) is 21.3 Å². The minimum absolute atomic E-state index is 0.361. The van der Waals surface area contributed by atoms with E-state index in [1.807, 2.05) is 72.8 Å². The van der Waals surface area contributed by atoms with Crippen molar-refractivity contribution in [3.8, 4) is 34.2 Å². The highest BCUT2D eigenvalue weighted by Crippen LogP contribution is 2.34. The number of methoxy groups -OCH3 is 1. The fraction of sp³-hybridized carbons (Fsp3) is 0.143. The zero-order chi connectivity index (χ0) is 24.6. The van der Waals surface area contributed by atoms with Crippen molar-refractivity contribution in [3.63, 3.8) is 0 Å². The molecule has 0 aliphatic heterocycles. The molecule has 4 rings (SSSR count). The van der Waals surface area contributed by atoms with Gasteiger partial charge in [-0.2, -0.15) is 5.26 Å². The van der Waals surface area contributed by atoms with E-state index in [9.17, 15) is 10.4 Å². The topological polar surface area (TPSA) is 78.2 Å². The Morgan fingerprint density at radius 3 is 2.40 bits per heavy atom. The average molecular weight is 502 g/mol. The van der Waals surface area contributed by atoms with Crippen molar-refractivity contribution >= 4 is 29.1 Å². The molecule has 176 valence electrons. The predicted octanol–water partition coefficient (Wildman–Crippen LogP) is 6.51. The van der Waals surface area contributed by atoms with Gasteiger partial charge in [-0.15, -0.1) is 11.8 Å². The molecule has 0 radical (unpaired) electrons. The molecule has 2 N–H and O–H groups in total. The summed E-state index contributed by atoms with van der Waals surface area (Å²) >= 11 is 7.30. The molecule has 5 nitrogen and oxygen atoms in total. The Morgan fingerprint density at radius 1 is 1.03 bits per heavy atom. The molecule has 1 heterocycles. The van der Waals surface area contributed by atoms with Crippen molar-refractivity contribution in [2.75, 3.05) is 24.7 Å². The van der Waals surface area contributed by atoms with Crippen LogP contribution in [0.4, 0.5) is 5.69 Å². The Balaban J connectivity index is 1.60. The van der Waals surface area contributed by atoms with Gasteiger partial charge < -0.3 is 15.2 Å². The first-order valence-electron chi connectivity index (χ1n) is 11.0. The summed E-state index contributed by atoms with van der Waals surface area (Å²) in [6, 6.07) is 29.1. The SMILES string of the molecule is COc1ccc(-c2cc(-c3ccccc3)c(C#N)c(SC[C@@H](O)CNc3ccc(Cl)cc3)n2)cc1. The monoisotopic (exact) mass is 501 g/mol. The molecule has 1 aromatic heterocycles. The molecule has 0 amide bonds. The first kappa shape index (κ1) is 24.6. The second kappa shape index (κ2) is 11.8. The van der Waals surface area contributed by atoms with E-state index < -0.39 is 6.10 Å². The highest BCUT2D eigenvalue weighted by Gasteiger charge is 2.17. The lowest BCUT2D eigenvalue weighted by molar-refractivity contribution is 0.213. The third-order valence-corrected chi connectivity index (χ3v) is 6.74. The van der Waals surface area contributed by atoms with Crippen molar-refractivity contribution < 1.29 is 9.84 Å². The lowest BCUT2D eigenvalue weighted by Crippen LogP contribution is -2.22. The number of thioether (sulfide) groups is 1. The van der Waals surface area contributed by atoms with Crippen LogP contribution in [0.1, 0.15) is 5.56 Å². The molecule has 0 saturated carbocycles. The van der Waals surface area contributed by atoms with E-state index in [0.717, 1.165) is 33.8 Å². The number of benzene rings is 3. The van der Waals surface area contributed by atoms with Crippen LogP contribution in [-0.2, 0) is 0 Å². The van der Waals surface area contributed by atoms with Gasteiger partial charge in [-0.25, -0.2) is 4.98 Å². The number of hydrogen-bond acceptors (Lipinski definition) is 6. The lowest BCUT2D eigenvalue weighted by atomic mass is 9.99. The number of aromatic nitrogens is 1. The molecule has 3 aromatic carbocycles. The molecule has 1 atom stereocenters. The molecule has 0 unspecified atom stereocenters. The third kappa shape index (κ3) is 6.34. The van der Waals surface area contributed by atoms with Crippen LogP contribution in [0, 0.1) is 11.3 Å². The summed E-state index contributed by atoms with van der Waals surface area (Å²) in [4.78, 5) is 4.81. The number of anilines is 1.